The third-order valence-corrected chi connectivity index (χ3v) is 5.10. The minimum atomic E-state index is -0.232. The Morgan fingerprint density at radius 3 is 2.56 bits per heavy atom. The molecule has 2 atom stereocenters. The second-order valence-electron chi connectivity index (χ2n) is 7.22. The van der Waals surface area contributed by atoms with Crippen molar-refractivity contribution in [1.29, 1.82) is 0 Å². The van der Waals surface area contributed by atoms with Crippen molar-refractivity contribution in [2.45, 2.75) is 25.8 Å². The number of nitrogens with two attached hydrogens (primary N) is 1. The lowest BCUT2D eigenvalue weighted by molar-refractivity contribution is -0.126. The van der Waals surface area contributed by atoms with Crippen LogP contribution in [-0.4, -0.2) is 36.3 Å². The number of nitrogens with zero attached hydrogens (tertiary/aromatic N) is 1. The summed E-state index contributed by atoms with van der Waals surface area (Å²) in [6, 6.07) is 17.1. The predicted molar refractivity (Wildman–Crippen MR) is 106 cm³/mol. The molecule has 27 heavy (non-hydrogen) atoms. The van der Waals surface area contributed by atoms with Crippen LogP contribution in [0.3, 0.4) is 0 Å². The van der Waals surface area contributed by atoms with Crippen molar-refractivity contribution in [2.75, 3.05) is 19.6 Å². The molecular formula is C22H27N3O2. The molecule has 3 N–H and O–H groups in total. The maximum Gasteiger partial charge on any atom is 0.253 e. The average molecular weight is 365 g/mol. The molecule has 2 aromatic carbocycles. The van der Waals surface area contributed by atoms with Crippen molar-refractivity contribution < 1.29 is 9.59 Å². The van der Waals surface area contributed by atoms with Crippen LogP contribution in [0.15, 0.2) is 54.6 Å². The van der Waals surface area contributed by atoms with Gasteiger partial charge in [-0.05, 0) is 37.5 Å². The van der Waals surface area contributed by atoms with Gasteiger partial charge in [0.1, 0.15) is 0 Å². The van der Waals surface area contributed by atoms with Gasteiger partial charge < -0.3 is 16.0 Å². The Morgan fingerprint density at radius 2 is 1.85 bits per heavy atom. The van der Waals surface area contributed by atoms with Crippen molar-refractivity contribution >= 4 is 11.8 Å². The number of rotatable bonds is 5. The van der Waals surface area contributed by atoms with E-state index in [1.54, 1.807) is 4.90 Å². The molecule has 1 aliphatic rings. The summed E-state index contributed by atoms with van der Waals surface area (Å²) >= 11 is 0. The summed E-state index contributed by atoms with van der Waals surface area (Å²) in [5, 5.41) is 2.96. The van der Waals surface area contributed by atoms with Gasteiger partial charge in [0.2, 0.25) is 5.91 Å². The van der Waals surface area contributed by atoms with Gasteiger partial charge in [-0.15, -0.1) is 0 Å². The molecule has 0 aromatic heterocycles. The van der Waals surface area contributed by atoms with Crippen LogP contribution in [0.4, 0.5) is 0 Å². The van der Waals surface area contributed by atoms with Crippen molar-refractivity contribution in [1.82, 2.24) is 10.2 Å². The van der Waals surface area contributed by atoms with Crippen molar-refractivity contribution in [3.05, 3.63) is 71.3 Å². The van der Waals surface area contributed by atoms with Crippen LogP contribution >= 0.6 is 0 Å². The third kappa shape index (κ3) is 4.95. The highest BCUT2D eigenvalue weighted by atomic mass is 16.2. The fourth-order valence-electron chi connectivity index (χ4n) is 3.43. The van der Waals surface area contributed by atoms with Gasteiger partial charge in [0, 0.05) is 31.2 Å². The zero-order chi connectivity index (χ0) is 19.2. The van der Waals surface area contributed by atoms with E-state index in [-0.39, 0.29) is 23.8 Å². The maximum atomic E-state index is 12.7. The number of piperidine rings is 1. The number of hydrogen-bond donors (Lipinski definition) is 2. The molecule has 0 bridgehead atoms. The summed E-state index contributed by atoms with van der Waals surface area (Å²) in [6.07, 6.45) is 1.63. The lowest BCUT2D eigenvalue weighted by Gasteiger charge is -2.32. The van der Waals surface area contributed by atoms with Gasteiger partial charge in [-0.25, -0.2) is 0 Å². The Morgan fingerprint density at radius 1 is 1.15 bits per heavy atom. The first-order valence-electron chi connectivity index (χ1n) is 9.49. The van der Waals surface area contributed by atoms with E-state index in [0.717, 1.165) is 24.0 Å². The molecule has 142 valence electrons. The summed E-state index contributed by atoms with van der Waals surface area (Å²) in [5.74, 6) is -0.215. The Hall–Kier alpha value is -2.66. The first kappa shape index (κ1) is 19.1. The lowest BCUT2D eigenvalue weighted by Crippen LogP contribution is -2.46. The molecule has 2 amide bonds. The number of aryl methyl sites for hydroxylation is 1. The van der Waals surface area contributed by atoms with Crippen LogP contribution < -0.4 is 11.1 Å². The standard InChI is InChI=1S/C22H27N3O2/c1-16-9-11-18(12-10-16)22(27)25-13-5-8-19(15-25)21(26)24-14-20(23)17-6-3-2-4-7-17/h2-4,6-7,9-12,19-20H,5,8,13-15,23H2,1H3,(H,24,26). The number of hydrogen-bond acceptors (Lipinski definition) is 3. The Balaban J connectivity index is 1.54. The van der Waals surface area contributed by atoms with E-state index in [2.05, 4.69) is 5.32 Å². The van der Waals surface area contributed by atoms with Crippen molar-refractivity contribution in [2.24, 2.45) is 11.7 Å². The third-order valence-electron chi connectivity index (χ3n) is 5.10. The highest BCUT2D eigenvalue weighted by Gasteiger charge is 2.29. The second kappa shape index (κ2) is 8.82. The Bertz CT molecular complexity index is 774. The van der Waals surface area contributed by atoms with Crippen LogP contribution in [0, 0.1) is 12.8 Å². The molecule has 5 heteroatoms. The monoisotopic (exact) mass is 365 g/mol. The van der Waals surface area contributed by atoms with E-state index in [1.165, 1.54) is 0 Å². The molecule has 0 aliphatic carbocycles. The van der Waals surface area contributed by atoms with Gasteiger partial charge in [0.05, 0.1) is 5.92 Å². The fourth-order valence-corrected chi connectivity index (χ4v) is 3.43. The van der Waals surface area contributed by atoms with Gasteiger partial charge >= 0.3 is 0 Å². The van der Waals surface area contributed by atoms with E-state index in [4.69, 9.17) is 5.73 Å². The first-order chi connectivity index (χ1) is 13.0. The number of nitrogens with one attached hydrogen (secondary N) is 1. The zero-order valence-electron chi connectivity index (χ0n) is 15.7. The van der Waals surface area contributed by atoms with Crippen LogP contribution in [0.2, 0.25) is 0 Å². The number of carbonyl (C=O) groups is 2. The lowest BCUT2D eigenvalue weighted by atomic mass is 9.96. The van der Waals surface area contributed by atoms with E-state index >= 15 is 0 Å². The molecule has 0 spiro atoms. The number of benzene rings is 2. The SMILES string of the molecule is Cc1ccc(C(=O)N2CCCC(C(=O)NCC(N)c3ccccc3)C2)cc1. The van der Waals surface area contributed by atoms with E-state index < -0.39 is 0 Å². The summed E-state index contributed by atoms with van der Waals surface area (Å²) in [5.41, 5.74) is 8.95. The van der Waals surface area contributed by atoms with E-state index in [1.807, 2.05) is 61.5 Å². The van der Waals surface area contributed by atoms with Crippen molar-refractivity contribution in [3.63, 3.8) is 0 Å². The molecule has 1 heterocycles. The van der Waals surface area contributed by atoms with Gasteiger partial charge in [-0.2, -0.15) is 0 Å². The summed E-state index contributed by atoms with van der Waals surface area (Å²) < 4.78 is 0. The maximum absolute atomic E-state index is 12.7. The normalized spacial score (nSPS) is 18.0. The van der Waals surface area contributed by atoms with Crippen LogP contribution in [0.5, 0.6) is 0 Å². The Kier molecular flexibility index (Phi) is 6.24. The van der Waals surface area contributed by atoms with Gasteiger partial charge in [-0.3, -0.25) is 9.59 Å². The van der Waals surface area contributed by atoms with Crippen LogP contribution in [0.1, 0.15) is 40.4 Å². The molecule has 3 rings (SSSR count). The van der Waals surface area contributed by atoms with Gasteiger partial charge in [0.15, 0.2) is 0 Å². The highest BCUT2D eigenvalue weighted by molar-refractivity contribution is 5.94. The predicted octanol–water partition coefficient (Wildman–Crippen LogP) is 2.66. The number of likely N-dealkylation sites (tertiary alicyclic amines) is 1. The van der Waals surface area contributed by atoms with E-state index in [9.17, 15) is 9.59 Å². The summed E-state index contributed by atoms with van der Waals surface area (Å²) in [6.45, 7) is 3.54. The molecule has 1 saturated heterocycles. The molecule has 2 unspecified atom stereocenters. The minimum absolute atomic E-state index is 0.00603. The number of carbonyl (C=O) groups excluding carboxylic acids is 2. The quantitative estimate of drug-likeness (QED) is 0.855. The molecule has 2 aromatic rings. The highest BCUT2D eigenvalue weighted by Crippen LogP contribution is 2.19. The largest absolute Gasteiger partial charge is 0.354 e. The topological polar surface area (TPSA) is 75.4 Å². The average Bonchev–Trinajstić information content (AvgIpc) is 2.72. The van der Waals surface area contributed by atoms with E-state index in [0.29, 0.717) is 25.2 Å². The first-order valence-corrected chi connectivity index (χ1v) is 9.49. The Labute approximate surface area is 160 Å². The van der Waals surface area contributed by atoms with Crippen LogP contribution in [0.25, 0.3) is 0 Å². The minimum Gasteiger partial charge on any atom is -0.354 e. The molecule has 0 radical (unpaired) electrons. The summed E-state index contributed by atoms with van der Waals surface area (Å²) in [4.78, 5) is 27.1. The van der Waals surface area contributed by atoms with Crippen LogP contribution in [-0.2, 0) is 4.79 Å². The molecular weight excluding hydrogens is 338 g/mol. The molecule has 5 nitrogen and oxygen atoms in total. The molecule has 1 aliphatic heterocycles. The second-order valence-corrected chi connectivity index (χ2v) is 7.22. The van der Waals surface area contributed by atoms with Gasteiger partial charge in [-0.1, -0.05) is 48.0 Å². The molecule has 0 saturated carbocycles. The number of amides is 2. The van der Waals surface area contributed by atoms with Crippen molar-refractivity contribution in [3.8, 4) is 0 Å². The van der Waals surface area contributed by atoms with Gasteiger partial charge in [0.25, 0.3) is 5.91 Å². The summed E-state index contributed by atoms with van der Waals surface area (Å²) in [7, 11) is 0. The molecule has 1 fully saturated rings. The smallest absolute Gasteiger partial charge is 0.253 e. The zero-order valence-corrected chi connectivity index (χ0v) is 15.7. The fraction of sp³-hybridized carbons (Fsp3) is 0.364.